The minimum Gasteiger partial charge on any atom is -0.331 e. The molecule has 5 heteroatoms. The molecule has 3 aromatic rings. The first-order valence-corrected chi connectivity index (χ1v) is 8.12. The van der Waals surface area contributed by atoms with Crippen LogP contribution in [0.4, 0.5) is 10.8 Å². The van der Waals surface area contributed by atoms with Crippen molar-refractivity contribution < 1.29 is 0 Å². The van der Waals surface area contributed by atoms with Gasteiger partial charge in [-0.2, -0.15) is 0 Å². The average molecular weight is 368 g/mol. The van der Waals surface area contributed by atoms with Gasteiger partial charge in [-0.3, -0.25) is 0 Å². The van der Waals surface area contributed by atoms with Crippen LogP contribution in [0.25, 0.3) is 10.2 Å². The van der Waals surface area contributed by atoms with E-state index >= 15 is 0 Å². The van der Waals surface area contributed by atoms with Crippen LogP contribution in [0, 0.1) is 13.8 Å². The number of benzene rings is 2. The zero-order valence-electron chi connectivity index (χ0n) is 11.0. The molecule has 0 aliphatic heterocycles. The molecule has 0 radical (unpaired) electrons. The second-order valence-corrected chi connectivity index (χ2v) is 6.94. The third-order valence-electron chi connectivity index (χ3n) is 3.11. The molecule has 102 valence electrons. The molecule has 0 aliphatic carbocycles. The molecular formula is C15H12BrClN2S. The molecule has 0 amide bonds. The van der Waals surface area contributed by atoms with Crippen molar-refractivity contribution in [1.82, 2.24) is 4.98 Å². The smallest absolute Gasteiger partial charge is 0.188 e. The van der Waals surface area contributed by atoms with E-state index in [1.165, 1.54) is 10.3 Å². The number of nitrogens with one attached hydrogen (secondary N) is 1. The van der Waals surface area contributed by atoms with E-state index in [1.54, 1.807) is 11.3 Å². The Labute approximate surface area is 134 Å². The van der Waals surface area contributed by atoms with Gasteiger partial charge in [-0.25, -0.2) is 4.98 Å². The third kappa shape index (κ3) is 2.55. The summed E-state index contributed by atoms with van der Waals surface area (Å²) in [6.07, 6.45) is 0. The number of hydrogen-bond donors (Lipinski definition) is 1. The monoisotopic (exact) mass is 366 g/mol. The van der Waals surface area contributed by atoms with Gasteiger partial charge in [0, 0.05) is 9.50 Å². The van der Waals surface area contributed by atoms with E-state index < -0.39 is 0 Å². The molecule has 0 bridgehead atoms. The Kier molecular flexibility index (Phi) is 3.71. The van der Waals surface area contributed by atoms with Gasteiger partial charge < -0.3 is 5.32 Å². The van der Waals surface area contributed by atoms with Gasteiger partial charge in [-0.15, -0.1) is 0 Å². The van der Waals surface area contributed by atoms with Crippen molar-refractivity contribution in [2.75, 3.05) is 5.32 Å². The number of nitrogens with zero attached hydrogens (tertiary/aromatic N) is 1. The van der Waals surface area contributed by atoms with Crippen molar-refractivity contribution in [1.29, 1.82) is 0 Å². The number of fused-ring (bicyclic) bond motifs is 1. The van der Waals surface area contributed by atoms with E-state index in [-0.39, 0.29) is 0 Å². The van der Waals surface area contributed by atoms with Crippen LogP contribution in [0.1, 0.15) is 11.1 Å². The van der Waals surface area contributed by atoms with Gasteiger partial charge in [0.15, 0.2) is 5.13 Å². The SMILES string of the molecule is Cc1cc(Br)c(Nc2nc3c(C)cccc3s2)cc1Cl. The Bertz CT molecular complexity index is 798. The lowest BCUT2D eigenvalue weighted by Gasteiger charge is -2.07. The van der Waals surface area contributed by atoms with Crippen molar-refractivity contribution >= 4 is 59.9 Å². The van der Waals surface area contributed by atoms with E-state index in [0.29, 0.717) is 0 Å². The van der Waals surface area contributed by atoms with Crippen molar-refractivity contribution in [2.24, 2.45) is 0 Å². The molecule has 1 N–H and O–H groups in total. The molecule has 2 nitrogen and oxygen atoms in total. The Morgan fingerprint density at radius 3 is 2.75 bits per heavy atom. The molecule has 0 saturated carbocycles. The summed E-state index contributed by atoms with van der Waals surface area (Å²) in [5.74, 6) is 0. The maximum absolute atomic E-state index is 6.18. The molecular weight excluding hydrogens is 356 g/mol. The number of rotatable bonds is 2. The van der Waals surface area contributed by atoms with Gasteiger partial charge in [0.05, 0.1) is 15.9 Å². The van der Waals surface area contributed by atoms with Gasteiger partial charge >= 0.3 is 0 Å². The Balaban J connectivity index is 2.01. The van der Waals surface area contributed by atoms with Gasteiger partial charge in [0.25, 0.3) is 0 Å². The zero-order valence-corrected chi connectivity index (χ0v) is 14.2. The van der Waals surface area contributed by atoms with E-state index in [1.807, 2.05) is 19.1 Å². The molecule has 0 unspecified atom stereocenters. The summed E-state index contributed by atoms with van der Waals surface area (Å²) in [5, 5.41) is 4.95. The molecule has 3 rings (SSSR count). The Morgan fingerprint density at radius 1 is 1.20 bits per heavy atom. The predicted molar refractivity (Wildman–Crippen MR) is 91.5 cm³/mol. The molecule has 0 spiro atoms. The van der Waals surface area contributed by atoms with E-state index in [4.69, 9.17) is 11.6 Å². The van der Waals surface area contributed by atoms with Crippen LogP contribution in [-0.2, 0) is 0 Å². The van der Waals surface area contributed by atoms with Crippen LogP contribution in [0.15, 0.2) is 34.8 Å². The van der Waals surface area contributed by atoms with Crippen molar-refractivity contribution in [3.8, 4) is 0 Å². The van der Waals surface area contributed by atoms with Crippen LogP contribution in [0.2, 0.25) is 5.02 Å². The van der Waals surface area contributed by atoms with Crippen LogP contribution in [0.3, 0.4) is 0 Å². The number of para-hydroxylation sites is 1. The maximum Gasteiger partial charge on any atom is 0.188 e. The number of hydrogen-bond acceptors (Lipinski definition) is 3. The van der Waals surface area contributed by atoms with Crippen LogP contribution in [-0.4, -0.2) is 4.98 Å². The summed E-state index contributed by atoms with van der Waals surface area (Å²) in [7, 11) is 0. The normalized spacial score (nSPS) is 11.0. The highest BCUT2D eigenvalue weighted by atomic mass is 79.9. The molecule has 1 aromatic heterocycles. The largest absolute Gasteiger partial charge is 0.331 e. The second kappa shape index (κ2) is 5.35. The fourth-order valence-corrected chi connectivity index (χ4v) is 3.67. The van der Waals surface area contributed by atoms with Gasteiger partial charge in [-0.05, 0) is 59.1 Å². The van der Waals surface area contributed by atoms with Gasteiger partial charge in [0.2, 0.25) is 0 Å². The number of aromatic nitrogens is 1. The standard InChI is InChI=1S/C15H12BrClN2S/c1-8-4-3-5-13-14(8)19-15(20-13)18-12-7-11(17)9(2)6-10(12)16/h3-7H,1-2H3,(H,18,19). The number of aryl methyl sites for hydroxylation is 2. The Hall–Kier alpha value is -1.10. The first-order chi connectivity index (χ1) is 9.54. The first kappa shape index (κ1) is 13.9. The van der Waals surface area contributed by atoms with Crippen molar-refractivity contribution in [3.63, 3.8) is 0 Å². The Morgan fingerprint density at radius 2 is 2.00 bits per heavy atom. The number of halogens is 2. The second-order valence-electron chi connectivity index (χ2n) is 4.65. The molecule has 20 heavy (non-hydrogen) atoms. The van der Waals surface area contributed by atoms with E-state index in [2.05, 4.69) is 51.4 Å². The summed E-state index contributed by atoms with van der Waals surface area (Å²) in [6.45, 7) is 4.06. The summed E-state index contributed by atoms with van der Waals surface area (Å²) in [6, 6.07) is 10.1. The lowest BCUT2D eigenvalue weighted by molar-refractivity contribution is 1.38. The third-order valence-corrected chi connectivity index (χ3v) is 5.11. The summed E-state index contributed by atoms with van der Waals surface area (Å²) >= 11 is 11.4. The fraction of sp³-hybridized carbons (Fsp3) is 0.133. The highest BCUT2D eigenvalue weighted by Crippen LogP contribution is 2.34. The predicted octanol–water partition coefficient (Wildman–Crippen LogP) is 6.07. The molecule has 1 heterocycles. The highest BCUT2D eigenvalue weighted by Gasteiger charge is 2.09. The molecule has 0 aliphatic rings. The van der Waals surface area contributed by atoms with E-state index in [0.717, 1.165) is 31.4 Å². The molecule has 0 atom stereocenters. The van der Waals surface area contributed by atoms with Crippen LogP contribution in [0.5, 0.6) is 0 Å². The topological polar surface area (TPSA) is 24.9 Å². The van der Waals surface area contributed by atoms with Gasteiger partial charge in [0.1, 0.15) is 0 Å². The van der Waals surface area contributed by atoms with Crippen molar-refractivity contribution in [2.45, 2.75) is 13.8 Å². The maximum atomic E-state index is 6.18. The number of thiazole rings is 1. The molecule has 2 aromatic carbocycles. The quantitative estimate of drug-likeness (QED) is 0.594. The number of anilines is 2. The summed E-state index contributed by atoms with van der Waals surface area (Å²) < 4.78 is 2.16. The first-order valence-electron chi connectivity index (χ1n) is 6.13. The average Bonchev–Trinajstić information content (AvgIpc) is 2.80. The lowest BCUT2D eigenvalue weighted by Crippen LogP contribution is -1.91. The zero-order chi connectivity index (χ0) is 14.3. The van der Waals surface area contributed by atoms with E-state index in [9.17, 15) is 0 Å². The summed E-state index contributed by atoms with van der Waals surface area (Å²) in [5.41, 5.74) is 4.21. The van der Waals surface area contributed by atoms with Gasteiger partial charge in [-0.1, -0.05) is 35.1 Å². The van der Waals surface area contributed by atoms with Crippen LogP contribution < -0.4 is 5.32 Å². The fourth-order valence-electron chi connectivity index (χ4n) is 2.00. The molecule has 0 fully saturated rings. The lowest BCUT2D eigenvalue weighted by atomic mass is 10.2. The summed E-state index contributed by atoms with van der Waals surface area (Å²) in [4.78, 5) is 4.64. The minimum absolute atomic E-state index is 0.744. The molecule has 0 saturated heterocycles. The van der Waals surface area contributed by atoms with Crippen molar-refractivity contribution in [3.05, 3.63) is 51.0 Å². The van der Waals surface area contributed by atoms with Crippen LogP contribution >= 0.6 is 38.9 Å². The highest BCUT2D eigenvalue weighted by molar-refractivity contribution is 9.10. The minimum atomic E-state index is 0.744.